The first kappa shape index (κ1) is 16.1. The minimum absolute atomic E-state index is 0.107. The maximum absolute atomic E-state index is 12.7. The highest BCUT2D eigenvalue weighted by molar-refractivity contribution is 5.98. The lowest BCUT2D eigenvalue weighted by Gasteiger charge is -2.23. The molecule has 1 heterocycles. The number of likely N-dealkylation sites (N-methyl/N-ethyl adjacent to an activating group) is 1. The lowest BCUT2D eigenvalue weighted by Crippen LogP contribution is -2.44. The summed E-state index contributed by atoms with van der Waals surface area (Å²) in [6.45, 7) is 0.610. The summed E-state index contributed by atoms with van der Waals surface area (Å²) in [7, 11) is 1.60. The van der Waals surface area contributed by atoms with Gasteiger partial charge in [0.25, 0.3) is 5.91 Å². The molecule has 5 nitrogen and oxygen atoms in total. The summed E-state index contributed by atoms with van der Waals surface area (Å²) in [6, 6.07) is 16.1. The van der Waals surface area contributed by atoms with Gasteiger partial charge in [0, 0.05) is 19.2 Å². The van der Waals surface area contributed by atoms with Crippen LogP contribution in [0.15, 0.2) is 54.6 Å². The fraction of sp³-hybridized carbons (Fsp3) is 0.263. The molecule has 24 heavy (non-hydrogen) atoms. The highest BCUT2D eigenvalue weighted by atomic mass is 16.5. The van der Waals surface area contributed by atoms with Crippen molar-refractivity contribution in [3.8, 4) is 11.5 Å². The summed E-state index contributed by atoms with van der Waals surface area (Å²) in [4.78, 5) is 26.2. The molecule has 1 atom stereocenters. The van der Waals surface area contributed by atoms with E-state index >= 15 is 0 Å². The second-order valence-electron chi connectivity index (χ2n) is 5.71. The highest BCUT2D eigenvalue weighted by Crippen LogP contribution is 2.24. The molecule has 1 N–H and O–H groups in total. The van der Waals surface area contributed by atoms with Gasteiger partial charge in [0.1, 0.15) is 17.5 Å². The van der Waals surface area contributed by atoms with Crippen molar-refractivity contribution in [2.75, 3.05) is 13.6 Å². The van der Waals surface area contributed by atoms with E-state index in [1.54, 1.807) is 36.2 Å². The molecule has 2 aromatic rings. The molecular weight excluding hydrogens is 304 g/mol. The van der Waals surface area contributed by atoms with Crippen molar-refractivity contribution in [2.24, 2.45) is 0 Å². The summed E-state index contributed by atoms with van der Waals surface area (Å²) in [5.41, 5.74) is 0.561. The van der Waals surface area contributed by atoms with Crippen LogP contribution in [0.4, 0.5) is 0 Å². The number of benzene rings is 2. The van der Waals surface area contributed by atoms with Crippen LogP contribution in [-0.4, -0.2) is 36.3 Å². The van der Waals surface area contributed by atoms with Crippen molar-refractivity contribution < 1.29 is 14.3 Å². The largest absolute Gasteiger partial charge is 0.457 e. The Morgan fingerprint density at radius 3 is 2.38 bits per heavy atom. The molecule has 2 amide bonds. The molecular formula is C19H20N2O3. The first-order valence-electron chi connectivity index (χ1n) is 8.04. The number of carbonyl (C=O) groups excluding carboxylic acids is 2. The van der Waals surface area contributed by atoms with Crippen molar-refractivity contribution >= 4 is 11.8 Å². The molecule has 0 aromatic heterocycles. The predicted octanol–water partition coefficient (Wildman–Crippen LogP) is 2.83. The molecule has 0 radical (unpaired) electrons. The number of nitrogens with one attached hydrogen (secondary N) is 1. The van der Waals surface area contributed by atoms with Gasteiger partial charge < -0.3 is 15.0 Å². The first-order valence-corrected chi connectivity index (χ1v) is 8.04. The second kappa shape index (κ2) is 7.17. The third-order valence-corrected chi connectivity index (χ3v) is 4.14. The van der Waals surface area contributed by atoms with Crippen LogP contribution >= 0.6 is 0 Å². The number of hydrogen-bond acceptors (Lipinski definition) is 3. The molecule has 0 spiro atoms. The summed E-state index contributed by atoms with van der Waals surface area (Å²) >= 11 is 0. The lowest BCUT2D eigenvalue weighted by molar-refractivity contribution is -0.124. The number of amides is 2. The van der Waals surface area contributed by atoms with Crippen LogP contribution in [-0.2, 0) is 4.79 Å². The fourth-order valence-electron chi connectivity index (χ4n) is 2.90. The smallest absolute Gasteiger partial charge is 0.254 e. The molecule has 3 rings (SSSR count). The number of para-hydroxylation sites is 1. The molecule has 0 saturated carbocycles. The maximum Gasteiger partial charge on any atom is 0.254 e. The SMILES string of the molecule is CNC(=O)C1CCCN1C(=O)c1ccc(Oc2ccccc2)cc1. The van der Waals surface area contributed by atoms with E-state index in [2.05, 4.69) is 5.32 Å². The van der Waals surface area contributed by atoms with Crippen LogP contribution in [0.2, 0.25) is 0 Å². The van der Waals surface area contributed by atoms with E-state index in [1.165, 1.54) is 0 Å². The zero-order valence-electron chi connectivity index (χ0n) is 13.6. The molecule has 1 fully saturated rings. The van der Waals surface area contributed by atoms with E-state index in [0.717, 1.165) is 12.2 Å². The van der Waals surface area contributed by atoms with Crippen LogP contribution in [0.3, 0.4) is 0 Å². The van der Waals surface area contributed by atoms with Crippen molar-refractivity contribution in [2.45, 2.75) is 18.9 Å². The number of nitrogens with zero attached hydrogens (tertiary/aromatic N) is 1. The van der Waals surface area contributed by atoms with Crippen LogP contribution in [0.25, 0.3) is 0 Å². The van der Waals surface area contributed by atoms with Gasteiger partial charge in [-0.05, 0) is 49.2 Å². The minimum atomic E-state index is -0.372. The van der Waals surface area contributed by atoms with Gasteiger partial charge in [-0.2, -0.15) is 0 Å². The lowest BCUT2D eigenvalue weighted by atomic mass is 10.1. The highest BCUT2D eigenvalue weighted by Gasteiger charge is 2.33. The molecule has 1 saturated heterocycles. The average Bonchev–Trinajstić information content (AvgIpc) is 3.12. The van der Waals surface area contributed by atoms with Gasteiger partial charge in [0.05, 0.1) is 0 Å². The summed E-state index contributed by atoms with van der Waals surface area (Å²) in [5, 5.41) is 2.63. The van der Waals surface area contributed by atoms with Crippen LogP contribution < -0.4 is 10.1 Å². The number of rotatable bonds is 4. The van der Waals surface area contributed by atoms with Gasteiger partial charge in [0.2, 0.25) is 5.91 Å². The quantitative estimate of drug-likeness (QED) is 0.941. The van der Waals surface area contributed by atoms with Crippen LogP contribution in [0, 0.1) is 0 Å². The molecule has 1 unspecified atom stereocenters. The Morgan fingerprint density at radius 1 is 1.04 bits per heavy atom. The Morgan fingerprint density at radius 2 is 1.71 bits per heavy atom. The Labute approximate surface area is 141 Å². The van der Waals surface area contributed by atoms with E-state index in [1.807, 2.05) is 30.3 Å². The molecule has 124 valence electrons. The molecule has 0 aliphatic carbocycles. The van der Waals surface area contributed by atoms with E-state index in [4.69, 9.17) is 4.74 Å². The summed E-state index contributed by atoms with van der Waals surface area (Å²) in [6.07, 6.45) is 1.56. The number of carbonyl (C=O) groups is 2. The van der Waals surface area contributed by atoms with Gasteiger partial charge in [-0.25, -0.2) is 0 Å². The van der Waals surface area contributed by atoms with Crippen LogP contribution in [0.5, 0.6) is 11.5 Å². The first-order chi connectivity index (χ1) is 11.7. The van der Waals surface area contributed by atoms with E-state index in [-0.39, 0.29) is 17.9 Å². The molecule has 5 heteroatoms. The van der Waals surface area contributed by atoms with Gasteiger partial charge in [0.15, 0.2) is 0 Å². The topological polar surface area (TPSA) is 58.6 Å². The molecule has 2 aromatic carbocycles. The Bertz CT molecular complexity index is 713. The standard InChI is InChI=1S/C19H20N2O3/c1-20-18(22)17-8-5-13-21(17)19(23)14-9-11-16(12-10-14)24-15-6-3-2-4-7-15/h2-4,6-7,9-12,17H,5,8,13H2,1H3,(H,20,22). The average molecular weight is 324 g/mol. The zero-order chi connectivity index (χ0) is 16.9. The van der Waals surface area contributed by atoms with Crippen molar-refractivity contribution in [3.05, 3.63) is 60.2 Å². The monoisotopic (exact) mass is 324 g/mol. The summed E-state index contributed by atoms with van der Waals surface area (Å²) < 4.78 is 5.73. The Kier molecular flexibility index (Phi) is 4.79. The minimum Gasteiger partial charge on any atom is -0.457 e. The van der Waals surface area contributed by atoms with Gasteiger partial charge in [-0.1, -0.05) is 18.2 Å². The number of hydrogen-bond donors (Lipinski definition) is 1. The van der Waals surface area contributed by atoms with Gasteiger partial charge in [-0.15, -0.1) is 0 Å². The van der Waals surface area contributed by atoms with Crippen molar-refractivity contribution in [3.63, 3.8) is 0 Å². The Hall–Kier alpha value is -2.82. The zero-order valence-corrected chi connectivity index (χ0v) is 13.6. The van der Waals surface area contributed by atoms with Crippen molar-refractivity contribution in [1.82, 2.24) is 10.2 Å². The van der Waals surface area contributed by atoms with Gasteiger partial charge >= 0.3 is 0 Å². The number of ether oxygens (including phenoxy) is 1. The third-order valence-electron chi connectivity index (χ3n) is 4.14. The predicted molar refractivity (Wildman–Crippen MR) is 91.1 cm³/mol. The van der Waals surface area contributed by atoms with Crippen molar-refractivity contribution in [1.29, 1.82) is 0 Å². The van der Waals surface area contributed by atoms with Crippen LogP contribution in [0.1, 0.15) is 23.2 Å². The van der Waals surface area contributed by atoms with Gasteiger partial charge in [-0.3, -0.25) is 9.59 Å². The maximum atomic E-state index is 12.7. The summed E-state index contributed by atoms with van der Waals surface area (Å²) in [5.74, 6) is 1.19. The fourth-order valence-corrected chi connectivity index (χ4v) is 2.90. The van der Waals surface area contributed by atoms with E-state index in [9.17, 15) is 9.59 Å². The number of likely N-dealkylation sites (tertiary alicyclic amines) is 1. The molecule has 1 aliphatic rings. The Balaban J connectivity index is 1.71. The molecule has 0 bridgehead atoms. The molecule has 1 aliphatic heterocycles. The third kappa shape index (κ3) is 3.40. The van der Waals surface area contributed by atoms with E-state index < -0.39 is 0 Å². The second-order valence-corrected chi connectivity index (χ2v) is 5.71. The van der Waals surface area contributed by atoms with E-state index in [0.29, 0.717) is 24.3 Å². The normalized spacial score (nSPS) is 16.7.